The van der Waals surface area contributed by atoms with Crippen LogP contribution in [0.15, 0.2) is 24.4 Å². The summed E-state index contributed by atoms with van der Waals surface area (Å²) < 4.78 is 4.87. The maximum atomic E-state index is 12.0. The molecule has 0 saturated heterocycles. The molecular formula is C14H9Cl4N3O3. The van der Waals surface area contributed by atoms with Crippen molar-refractivity contribution in [3.8, 4) is 0 Å². The Hall–Kier alpha value is -1.73. The Morgan fingerprint density at radius 3 is 2.42 bits per heavy atom. The van der Waals surface area contributed by atoms with E-state index in [2.05, 4.69) is 10.3 Å². The molecule has 0 spiro atoms. The first-order valence-corrected chi connectivity index (χ1v) is 7.81. The molecule has 2 aromatic rings. The van der Waals surface area contributed by atoms with E-state index in [9.17, 15) is 9.59 Å². The number of nitrogens with one attached hydrogen (secondary N) is 1. The van der Waals surface area contributed by atoms with Gasteiger partial charge >= 0.3 is 5.97 Å². The number of carbonyl (C=O) groups is 2. The quantitative estimate of drug-likeness (QED) is 0.587. The lowest BCUT2D eigenvalue weighted by atomic mass is 10.2. The molecule has 1 aromatic heterocycles. The van der Waals surface area contributed by atoms with E-state index in [-0.39, 0.29) is 32.1 Å². The zero-order chi connectivity index (χ0) is 17.9. The van der Waals surface area contributed by atoms with Crippen LogP contribution in [-0.4, -0.2) is 23.5 Å². The van der Waals surface area contributed by atoms with Crippen molar-refractivity contribution in [3.05, 3.63) is 50.0 Å². The first kappa shape index (κ1) is 18.6. The molecule has 1 amide bonds. The molecule has 10 heteroatoms. The van der Waals surface area contributed by atoms with E-state index in [1.165, 1.54) is 24.4 Å². The van der Waals surface area contributed by atoms with Gasteiger partial charge in [-0.25, -0.2) is 9.78 Å². The van der Waals surface area contributed by atoms with Crippen LogP contribution in [0.3, 0.4) is 0 Å². The number of hydrogen-bond acceptors (Lipinski definition) is 5. The molecule has 126 valence electrons. The monoisotopic (exact) mass is 407 g/mol. The minimum absolute atomic E-state index is 0.00823. The minimum Gasteiger partial charge on any atom is -0.452 e. The van der Waals surface area contributed by atoms with Crippen molar-refractivity contribution in [1.29, 1.82) is 0 Å². The molecule has 0 aliphatic rings. The van der Waals surface area contributed by atoms with Crippen LogP contribution >= 0.6 is 46.4 Å². The Kier molecular flexibility index (Phi) is 6.12. The van der Waals surface area contributed by atoms with Gasteiger partial charge in [0, 0.05) is 11.2 Å². The molecule has 0 aliphatic heterocycles. The zero-order valence-corrected chi connectivity index (χ0v) is 14.8. The summed E-state index contributed by atoms with van der Waals surface area (Å²) in [6, 6.07) is 4.09. The maximum absolute atomic E-state index is 12.0. The lowest BCUT2D eigenvalue weighted by Crippen LogP contribution is -2.22. The number of pyridine rings is 1. The number of aromatic nitrogens is 1. The topological polar surface area (TPSA) is 94.3 Å². The first-order chi connectivity index (χ1) is 11.3. The van der Waals surface area contributed by atoms with E-state index < -0.39 is 18.5 Å². The Morgan fingerprint density at radius 2 is 1.75 bits per heavy atom. The number of carbonyl (C=O) groups excluding carboxylic acids is 2. The summed E-state index contributed by atoms with van der Waals surface area (Å²) in [5.41, 5.74) is 5.65. The van der Waals surface area contributed by atoms with E-state index in [1.54, 1.807) is 0 Å². The van der Waals surface area contributed by atoms with Gasteiger partial charge in [-0.3, -0.25) is 4.79 Å². The standard InChI is InChI=1S/C14H9Cl4N3O3/c15-6-1-8(12(19)9(17)2-6)14(23)24-5-11(22)21-13-10(18)3-7(16)4-20-13/h1-4H,5,19H2,(H,20,21,22). The van der Waals surface area contributed by atoms with Crippen LogP contribution in [0.25, 0.3) is 0 Å². The summed E-state index contributed by atoms with van der Waals surface area (Å²) in [6.45, 7) is -0.580. The summed E-state index contributed by atoms with van der Waals surface area (Å²) in [5.74, 6) is -1.40. The van der Waals surface area contributed by atoms with Gasteiger partial charge in [-0.15, -0.1) is 0 Å². The molecule has 0 fully saturated rings. The van der Waals surface area contributed by atoms with Crippen molar-refractivity contribution < 1.29 is 14.3 Å². The Bertz CT molecular complexity index is 814. The second-order valence-electron chi connectivity index (χ2n) is 4.46. The van der Waals surface area contributed by atoms with E-state index in [0.29, 0.717) is 5.02 Å². The SMILES string of the molecule is Nc1c(Cl)cc(Cl)cc1C(=O)OCC(=O)Nc1ncc(Cl)cc1Cl. The van der Waals surface area contributed by atoms with Gasteiger partial charge in [-0.1, -0.05) is 46.4 Å². The molecular weight excluding hydrogens is 400 g/mol. The smallest absolute Gasteiger partial charge is 0.340 e. The summed E-state index contributed by atoms with van der Waals surface area (Å²) in [6.07, 6.45) is 1.31. The van der Waals surface area contributed by atoms with Crippen LogP contribution in [0.5, 0.6) is 0 Å². The summed E-state index contributed by atoms with van der Waals surface area (Å²) in [7, 11) is 0. The number of halogens is 4. The predicted octanol–water partition coefficient (Wildman–Crippen LogP) is 4.07. The van der Waals surface area contributed by atoms with Crippen molar-refractivity contribution in [3.63, 3.8) is 0 Å². The number of hydrogen-bond donors (Lipinski definition) is 2. The maximum Gasteiger partial charge on any atom is 0.340 e. The molecule has 0 bridgehead atoms. The third-order valence-electron chi connectivity index (χ3n) is 2.71. The largest absolute Gasteiger partial charge is 0.452 e. The van der Waals surface area contributed by atoms with Crippen LogP contribution in [0.2, 0.25) is 20.1 Å². The minimum atomic E-state index is -0.845. The highest BCUT2D eigenvalue weighted by Crippen LogP contribution is 2.28. The van der Waals surface area contributed by atoms with Gasteiger partial charge in [0.15, 0.2) is 12.4 Å². The summed E-state index contributed by atoms with van der Waals surface area (Å²) in [4.78, 5) is 27.6. The van der Waals surface area contributed by atoms with Crippen LogP contribution < -0.4 is 11.1 Å². The number of nitrogen functional groups attached to an aromatic ring is 1. The number of nitrogens with two attached hydrogens (primary N) is 1. The van der Waals surface area contributed by atoms with Gasteiger partial charge in [0.1, 0.15) is 0 Å². The Labute approximate surface area is 156 Å². The van der Waals surface area contributed by atoms with Gasteiger partial charge in [-0.05, 0) is 18.2 Å². The van der Waals surface area contributed by atoms with Crippen molar-refractivity contribution in [2.45, 2.75) is 0 Å². The van der Waals surface area contributed by atoms with Gasteiger partial charge in [-0.2, -0.15) is 0 Å². The molecule has 3 N–H and O–H groups in total. The predicted molar refractivity (Wildman–Crippen MR) is 94.0 cm³/mol. The summed E-state index contributed by atoms with van der Waals surface area (Å²) in [5, 5.41) is 3.16. The number of benzene rings is 1. The van der Waals surface area contributed by atoms with Crippen LogP contribution in [0.4, 0.5) is 11.5 Å². The highest BCUT2D eigenvalue weighted by Gasteiger charge is 2.17. The van der Waals surface area contributed by atoms with Gasteiger partial charge < -0.3 is 15.8 Å². The Balaban J connectivity index is 2.00. The third-order valence-corrected chi connectivity index (χ3v) is 3.74. The molecule has 0 saturated carbocycles. The van der Waals surface area contributed by atoms with Crippen molar-refractivity contribution >= 4 is 69.8 Å². The molecule has 1 heterocycles. The third kappa shape index (κ3) is 4.64. The van der Waals surface area contributed by atoms with Gasteiger partial charge in [0.25, 0.3) is 5.91 Å². The van der Waals surface area contributed by atoms with E-state index in [4.69, 9.17) is 56.9 Å². The number of ether oxygens (including phenoxy) is 1. The number of amides is 1. The fourth-order valence-electron chi connectivity index (χ4n) is 1.64. The van der Waals surface area contributed by atoms with Crippen LogP contribution in [0, 0.1) is 0 Å². The molecule has 0 radical (unpaired) electrons. The molecule has 0 unspecified atom stereocenters. The van der Waals surface area contributed by atoms with Crippen molar-refractivity contribution in [2.24, 2.45) is 0 Å². The van der Waals surface area contributed by atoms with Crippen LogP contribution in [-0.2, 0) is 9.53 Å². The lowest BCUT2D eigenvalue weighted by molar-refractivity contribution is -0.119. The molecule has 24 heavy (non-hydrogen) atoms. The van der Waals surface area contributed by atoms with Gasteiger partial charge in [0.05, 0.1) is 26.3 Å². The van der Waals surface area contributed by atoms with Crippen LogP contribution in [0.1, 0.15) is 10.4 Å². The van der Waals surface area contributed by atoms with E-state index in [0.717, 1.165) is 0 Å². The lowest BCUT2D eigenvalue weighted by Gasteiger charge is -2.09. The fraction of sp³-hybridized carbons (Fsp3) is 0.0714. The number of rotatable bonds is 4. The first-order valence-electron chi connectivity index (χ1n) is 6.30. The second kappa shape index (κ2) is 7.90. The molecule has 6 nitrogen and oxygen atoms in total. The fourth-order valence-corrected chi connectivity index (χ4v) is 2.56. The zero-order valence-electron chi connectivity index (χ0n) is 11.8. The normalized spacial score (nSPS) is 10.3. The molecule has 0 atom stereocenters. The van der Waals surface area contributed by atoms with Crippen molar-refractivity contribution in [1.82, 2.24) is 4.98 Å². The summed E-state index contributed by atoms with van der Waals surface area (Å²) >= 11 is 23.2. The average molecular weight is 409 g/mol. The molecule has 1 aromatic carbocycles. The number of esters is 1. The Morgan fingerprint density at radius 1 is 1.08 bits per heavy atom. The number of anilines is 2. The van der Waals surface area contributed by atoms with E-state index in [1.807, 2.05) is 0 Å². The highest BCUT2D eigenvalue weighted by atomic mass is 35.5. The molecule has 0 aliphatic carbocycles. The second-order valence-corrected chi connectivity index (χ2v) is 6.14. The van der Waals surface area contributed by atoms with E-state index >= 15 is 0 Å². The van der Waals surface area contributed by atoms with Gasteiger partial charge in [0.2, 0.25) is 0 Å². The number of nitrogens with zero attached hydrogens (tertiary/aromatic N) is 1. The molecule has 2 rings (SSSR count). The highest BCUT2D eigenvalue weighted by molar-refractivity contribution is 6.37. The van der Waals surface area contributed by atoms with Crippen molar-refractivity contribution in [2.75, 3.05) is 17.7 Å². The average Bonchev–Trinajstić information content (AvgIpc) is 2.51.